The van der Waals surface area contributed by atoms with E-state index in [4.69, 9.17) is 5.90 Å². The van der Waals surface area contributed by atoms with Crippen LogP contribution >= 0.6 is 0 Å². The summed E-state index contributed by atoms with van der Waals surface area (Å²) in [6.07, 6.45) is -4.36. The van der Waals surface area contributed by atoms with E-state index < -0.39 is 17.3 Å². The van der Waals surface area contributed by atoms with Crippen LogP contribution in [-0.2, 0) is 16.6 Å². The van der Waals surface area contributed by atoms with Gasteiger partial charge in [0, 0.05) is 0 Å². The van der Waals surface area contributed by atoms with Gasteiger partial charge in [-0.05, 0) is 38.0 Å². The fourth-order valence-corrected chi connectivity index (χ4v) is 1.37. The zero-order chi connectivity index (χ0) is 12.6. The highest BCUT2D eigenvalue weighted by atomic mass is 19.4. The number of benzene rings is 1. The zero-order valence-electron chi connectivity index (χ0n) is 9.35. The van der Waals surface area contributed by atoms with E-state index >= 15 is 0 Å². The number of halogens is 3. The van der Waals surface area contributed by atoms with Crippen molar-refractivity contribution in [3.63, 3.8) is 0 Å². The van der Waals surface area contributed by atoms with E-state index in [2.05, 4.69) is 4.84 Å². The number of aryl methyl sites for hydroxylation is 1. The fourth-order valence-electron chi connectivity index (χ4n) is 1.37. The molecule has 0 fully saturated rings. The smallest absolute Gasteiger partial charge is 0.294 e. The van der Waals surface area contributed by atoms with Crippen LogP contribution in [0.5, 0.6) is 0 Å². The van der Waals surface area contributed by atoms with E-state index in [9.17, 15) is 13.2 Å². The molecule has 0 saturated carbocycles. The lowest BCUT2D eigenvalue weighted by atomic mass is 9.94. The molecule has 1 aromatic rings. The zero-order valence-corrected chi connectivity index (χ0v) is 9.35. The van der Waals surface area contributed by atoms with Crippen molar-refractivity contribution >= 4 is 0 Å². The number of rotatable bonds is 2. The van der Waals surface area contributed by atoms with Gasteiger partial charge < -0.3 is 0 Å². The van der Waals surface area contributed by atoms with Gasteiger partial charge >= 0.3 is 6.18 Å². The lowest BCUT2D eigenvalue weighted by molar-refractivity contribution is -0.138. The molecule has 0 bridgehead atoms. The Morgan fingerprint density at radius 2 is 1.75 bits per heavy atom. The third kappa shape index (κ3) is 2.54. The monoisotopic (exact) mass is 233 g/mol. The molecule has 90 valence electrons. The first-order valence-electron chi connectivity index (χ1n) is 4.74. The van der Waals surface area contributed by atoms with Crippen molar-refractivity contribution in [3.05, 3.63) is 34.9 Å². The maximum Gasteiger partial charge on any atom is 0.416 e. The SMILES string of the molecule is Cc1ccc(C(C)(C)ON)cc1C(F)(F)F. The van der Waals surface area contributed by atoms with Crippen LogP contribution in [0.1, 0.15) is 30.5 Å². The molecule has 1 rings (SSSR count). The molecule has 0 spiro atoms. The fraction of sp³-hybridized carbons (Fsp3) is 0.455. The van der Waals surface area contributed by atoms with Crippen molar-refractivity contribution in [3.8, 4) is 0 Å². The standard InChI is InChI=1S/C11H14F3NO/c1-7-4-5-8(10(2,3)16-15)6-9(7)11(12,13)14/h4-6H,15H2,1-3H3. The summed E-state index contributed by atoms with van der Waals surface area (Å²) in [4.78, 5) is 4.66. The van der Waals surface area contributed by atoms with Crippen molar-refractivity contribution < 1.29 is 18.0 Å². The normalized spacial score (nSPS) is 12.9. The first-order chi connectivity index (χ1) is 7.18. The van der Waals surface area contributed by atoms with Crippen molar-refractivity contribution in [2.45, 2.75) is 32.5 Å². The van der Waals surface area contributed by atoms with Gasteiger partial charge in [-0.25, -0.2) is 5.90 Å². The molecule has 0 saturated heterocycles. The van der Waals surface area contributed by atoms with Crippen LogP contribution < -0.4 is 5.90 Å². The minimum absolute atomic E-state index is 0.184. The lowest BCUT2D eigenvalue weighted by Gasteiger charge is -2.24. The van der Waals surface area contributed by atoms with Crippen molar-refractivity contribution in [1.29, 1.82) is 0 Å². The Hall–Kier alpha value is -1.07. The summed E-state index contributed by atoms with van der Waals surface area (Å²) in [5.74, 6) is 5.05. The second-order valence-electron chi connectivity index (χ2n) is 4.16. The summed E-state index contributed by atoms with van der Waals surface area (Å²) in [5, 5.41) is 0. The molecule has 0 aliphatic heterocycles. The molecular formula is C11H14F3NO. The Labute approximate surface area is 92.2 Å². The molecule has 0 radical (unpaired) electrons. The van der Waals surface area contributed by atoms with Gasteiger partial charge in [-0.1, -0.05) is 12.1 Å². The molecule has 5 heteroatoms. The van der Waals surface area contributed by atoms with Crippen LogP contribution in [0.3, 0.4) is 0 Å². The van der Waals surface area contributed by atoms with Gasteiger partial charge in [0.15, 0.2) is 0 Å². The summed E-state index contributed by atoms with van der Waals surface area (Å²) in [5.41, 5.74) is -1.01. The van der Waals surface area contributed by atoms with Gasteiger partial charge in [-0.3, -0.25) is 4.84 Å². The Balaban J connectivity index is 3.29. The van der Waals surface area contributed by atoms with E-state index in [-0.39, 0.29) is 5.56 Å². The molecule has 0 aliphatic carbocycles. The summed E-state index contributed by atoms with van der Waals surface area (Å²) in [6.45, 7) is 4.64. The molecule has 0 aromatic heterocycles. The minimum Gasteiger partial charge on any atom is -0.294 e. The van der Waals surface area contributed by atoms with E-state index in [0.29, 0.717) is 5.56 Å². The highest BCUT2D eigenvalue weighted by Crippen LogP contribution is 2.34. The molecule has 2 N–H and O–H groups in total. The van der Waals surface area contributed by atoms with Crippen LogP contribution in [0.4, 0.5) is 13.2 Å². The van der Waals surface area contributed by atoms with Crippen LogP contribution in [0.25, 0.3) is 0 Å². The Morgan fingerprint density at radius 3 is 2.19 bits per heavy atom. The highest BCUT2D eigenvalue weighted by Gasteiger charge is 2.34. The van der Waals surface area contributed by atoms with Crippen LogP contribution in [-0.4, -0.2) is 0 Å². The largest absolute Gasteiger partial charge is 0.416 e. The van der Waals surface area contributed by atoms with Gasteiger partial charge in [0.2, 0.25) is 0 Å². The number of hydrogen-bond acceptors (Lipinski definition) is 2. The molecule has 16 heavy (non-hydrogen) atoms. The maximum absolute atomic E-state index is 12.6. The minimum atomic E-state index is -4.36. The summed E-state index contributed by atoms with van der Waals surface area (Å²) >= 11 is 0. The van der Waals surface area contributed by atoms with Gasteiger partial charge in [-0.15, -0.1) is 0 Å². The highest BCUT2D eigenvalue weighted by molar-refractivity contribution is 5.35. The van der Waals surface area contributed by atoms with Gasteiger partial charge in [0.05, 0.1) is 5.56 Å². The number of hydrogen-bond donors (Lipinski definition) is 1. The predicted octanol–water partition coefficient (Wildman–Crippen LogP) is 3.14. The molecule has 0 amide bonds. The molecule has 0 atom stereocenters. The van der Waals surface area contributed by atoms with Gasteiger partial charge in [0.1, 0.15) is 5.60 Å². The first kappa shape index (κ1) is 13.0. The second kappa shape index (κ2) is 4.07. The summed E-state index contributed by atoms with van der Waals surface area (Å²) < 4.78 is 37.9. The Bertz CT molecular complexity index is 385. The molecule has 0 heterocycles. The second-order valence-corrected chi connectivity index (χ2v) is 4.16. The number of nitrogens with two attached hydrogens (primary N) is 1. The molecule has 2 nitrogen and oxygen atoms in total. The van der Waals surface area contributed by atoms with E-state index in [1.807, 2.05) is 0 Å². The van der Waals surface area contributed by atoms with Crippen molar-refractivity contribution in [2.75, 3.05) is 0 Å². The van der Waals surface area contributed by atoms with Gasteiger partial charge in [-0.2, -0.15) is 13.2 Å². The van der Waals surface area contributed by atoms with Crippen LogP contribution in [0.15, 0.2) is 18.2 Å². The van der Waals surface area contributed by atoms with Crippen molar-refractivity contribution in [2.24, 2.45) is 5.90 Å². The van der Waals surface area contributed by atoms with Gasteiger partial charge in [0.25, 0.3) is 0 Å². The van der Waals surface area contributed by atoms with Crippen LogP contribution in [0, 0.1) is 6.92 Å². The van der Waals surface area contributed by atoms with Crippen LogP contribution in [0.2, 0.25) is 0 Å². The molecular weight excluding hydrogens is 219 g/mol. The average Bonchev–Trinajstić information content (AvgIpc) is 2.16. The molecule has 1 aromatic carbocycles. The summed E-state index contributed by atoms with van der Waals surface area (Å²) in [7, 11) is 0. The summed E-state index contributed by atoms with van der Waals surface area (Å²) in [6, 6.07) is 4.07. The van der Waals surface area contributed by atoms with E-state index in [1.165, 1.54) is 13.0 Å². The number of alkyl halides is 3. The third-order valence-electron chi connectivity index (χ3n) is 2.53. The quantitative estimate of drug-likeness (QED) is 0.796. The third-order valence-corrected chi connectivity index (χ3v) is 2.53. The maximum atomic E-state index is 12.6. The predicted molar refractivity (Wildman–Crippen MR) is 54.5 cm³/mol. The molecule has 0 aliphatic rings. The van der Waals surface area contributed by atoms with Crippen molar-refractivity contribution in [1.82, 2.24) is 0 Å². The Morgan fingerprint density at radius 1 is 1.19 bits per heavy atom. The lowest BCUT2D eigenvalue weighted by Crippen LogP contribution is -2.26. The average molecular weight is 233 g/mol. The van der Waals surface area contributed by atoms with E-state index in [1.54, 1.807) is 19.9 Å². The topological polar surface area (TPSA) is 35.2 Å². The first-order valence-corrected chi connectivity index (χ1v) is 4.74. The molecule has 0 unspecified atom stereocenters. The van der Waals surface area contributed by atoms with E-state index in [0.717, 1.165) is 6.07 Å². The Kier molecular flexibility index (Phi) is 3.30.